The normalized spacial score (nSPS) is 16.2. The fraction of sp³-hybridized carbons (Fsp3) is 0.571. The molecule has 1 aromatic carbocycles. The van der Waals surface area contributed by atoms with E-state index in [-0.39, 0.29) is 0 Å². The second kappa shape index (κ2) is 3.97. The van der Waals surface area contributed by atoms with Gasteiger partial charge in [0.2, 0.25) is 0 Å². The van der Waals surface area contributed by atoms with Crippen molar-refractivity contribution in [2.75, 3.05) is 6.61 Å². The maximum atomic E-state index is 5.48. The maximum Gasteiger partial charge on any atom is 0.0719 e. The van der Waals surface area contributed by atoms with Gasteiger partial charge in [-0.25, -0.2) is 0 Å². The lowest BCUT2D eigenvalue weighted by molar-refractivity contribution is 0.110. The monoisotopic (exact) mass is 204 g/mol. The van der Waals surface area contributed by atoms with Crippen LogP contribution in [0.25, 0.3) is 0 Å². The third-order valence-electron chi connectivity index (χ3n) is 2.78. The fourth-order valence-corrected chi connectivity index (χ4v) is 2.14. The van der Waals surface area contributed by atoms with Gasteiger partial charge in [0.05, 0.1) is 13.2 Å². The Balaban J connectivity index is 2.21. The van der Waals surface area contributed by atoms with Gasteiger partial charge in [0.25, 0.3) is 0 Å². The summed E-state index contributed by atoms with van der Waals surface area (Å²) in [7, 11) is 0. The number of fused-ring (bicyclic) bond motifs is 1. The average Bonchev–Trinajstić information content (AvgIpc) is 2.15. The quantitative estimate of drug-likeness (QED) is 0.681. The molecular weight excluding hydrogens is 184 g/mol. The Labute approximate surface area is 92.5 Å². The van der Waals surface area contributed by atoms with Gasteiger partial charge in [0.15, 0.2) is 0 Å². The van der Waals surface area contributed by atoms with Crippen molar-refractivity contribution in [1.82, 2.24) is 0 Å². The van der Waals surface area contributed by atoms with Crippen LogP contribution in [0, 0.1) is 5.41 Å². The van der Waals surface area contributed by atoms with Crippen LogP contribution in [0.15, 0.2) is 18.2 Å². The van der Waals surface area contributed by atoms with Crippen LogP contribution in [-0.4, -0.2) is 6.61 Å². The van der Waals surface area contributed by atoms with Crippen LogP contribution in [0.1, 0.15) is 37.5 Å². The van der Waals surface area contributed by atoms with Crippen molar-refractivity contribution in [3.63, 3.8) is 0 Å². The molecule has 0 saturated heterocycles. The third kappa shape index (κ3) is 2.82. The molecule has 0 aromatic heterocycles. The minimum atomic E-state index is 0.365. The standard InChI is InChI=1S/C14H20O/c1-14(2,3)9-11-4-5-12-6-7-15-10-13(12)8-11/h4-5,8H,6-7,9-10H2,1-3H3. The summed E-state index contributed by atoms with van der Waals surface area (Å²) >= 11 is 0. The molecule has 15 heavy (non-hydrogen) atoms. The third-order valence-corrected chi connectivity index (χ3v) is 2.78. The molecule has 0 unspecified atom stereocenters. The molecule has 0 radical (unpaired) electrons. The number of hydrogen-bond acceptors (Lipinski definition) is 1. The van der Waals surface area contributed by atoms with Gasteiger partial charge in [-0.15, -0.1) is 0 Å². The van der Waals surface area contributed by atoms with Crippen molar-refractivity contribution < 1.29 is 4.74 Å². The van der Waals surface area contributed by atoms with Crippen LogP contribution in [0.3, 0.4) is 0 Å². The molecule has 0 bridgehead atoms. The summed E-state index contributed by atoms with van der Waals surface area (Å²) < 4.78 is 5.48. The largest absolute Gasteiger partial charge is 0.376 e. The van der Waals surface area contributed by atoms with E-state index in [4.69, 9.17) is 4.74 Å². The van der Waals surface area contributed by atoms with E-state index < -0.39 is 0 Å². The molecule has 1 aromatic rings. The molecule has 1 heterocycles. The summed E-state index contributed by atoms with van der Waals surface area (Å²) in [6.45, 7) is 8.52. The summed E-state index contributed by atoms with van der Waals surface area (Å²) in [6, 6.07) is 6.87. The van der Waals surface area contributed by atoms with Crippen LogP contribution in [0.4, 0.5) is 0 Å². The van der Waals surface area contributed by atoms with Crippen molar-refractivity contribution in [1.29, 1.82) is 0 Å². The van der Waals surface area contributed by atoms with Gasteiger partial charge in [0.1, 0.15) is 0 Å². The number of rotatable bonds is 1. The van der Waals surface area contributed by atoms with Crippen LogP contribution in [0.5, 0.6) is 0 Å². The molecule has 1 heteroatoms. The Morgan fingerprint density at radius 3 is 2.73 bits per heavy atom. The van der Waals surface area contributed by atoms with Gasteiger partial charge in [-0.1, -0.05) is 39.0 Å². The zero-order valence-electron chi connectivity index (χ0n) is 9.97. The summed E-state index contributed by atoms with van der Waals surface area (Å²) in [5.41, 5.74) is 4.66. The van der Waals surface area contributed by atoms with Crippen LogP contribution in [-0.2, 0) is 24.2 Å². The highest BCUT2D eigenvalue weighted by Gasteiger charge is 2.14. The number of benzene rings is 1. The molecule has 0 aliphatic carbocycles. The van der Waals surface area contributed by atoms with Gasteiger partial charge >= 0.3 is 0 Å². The first kappa shape index (κ1) is 10.7. The predicted molar refractivity (Wildman–Crippen MR) is 63.0 cm³/mol. The van der Waals surface area contributed by atoms with E-state index in [1.165, 1.54) is 16.7 Å². The number of hydrogen-bond donors (Lipinski definition) is 0. The Kier molecular flexibility index (Phi) is 2.83. The second-order valence-corrected chi connectivity index (χ2v) is 5.64. The van der Waals surface area contributed by atoms with Gasteiger partial charge in [0, 0.05) is 0 Å². The fourth-order valence-electron chi connectivity index (χ4n) is 2.14. The van der Waals surface area contributed by atoms with E-state index in [0.29, 0.717) is 5.41 Å². The van der Waals surface area contributed by atoms with E-state index >= 15 is 0 Å². The van der Waals surface area contributed by atoms with Crippen LogP contribution >= 0.6 is 0 Å². The molecule has 82 valence electrons. The Bertz CT molecular complexity index is 347. The highest BCUT2D eigenvalue weighted by molar-refractivity contribution is 5.33. The van der Waals surface area contributed by atoms with E-state index in [1.807, 2.05) is 0 Å². The molecule has 0 saturated carbocycles. The molecule has 0 N–H and O–H groups in total. The van der Waals surface area contributed by atoms with E-state index in [0.717, 1.165) is 26.1 Å². The summed E-state index contributed by atoms with van der Waals surface area (Å²) in [5.74, 6) is 0. The number of ether oxygens (including phenoxy) is 1. The van der Waals surface area contributed by atoms with E-state index in [9.17, 15) is 0 Å². The zero-order chi connectivity index (χ0) is 10.9. The first-order valence-electron chi connectivity index (χ1n) is 5.73. The lowest BCUT2D eigenvalue weighted by atomic mass is 9.87. The summed E-state index contributed by atoms with van der Waals surface area (Å²) in [6.07, 6.45) is 2.21. The molecule has 0 spiro atoms. The van der Waals surface area contributed by atoms with E-state index in [2.05, 4.69) is 39.0 Å². The lowest BCUT2D eigenvalue weighted by Crippen LogP contribution is -2.13. The maximum absolute atomic E-state index is 5.48. The van der Waals surface area contributed by atoms with Crippen molar-refractivity contribution >= 4 is 0 Å². The Hall–Kier alpha value is -0.820. The van der Waals surface area contributed by atoms with Crippen LogP contribution < -0.4 is 0 Å². The van der Waals surface area contributed by atoms with Gasteiger partial charge in [-0.3, -0.25) is 0 Å². The van der Waals surface area contributed by atoms with Gasteiger partial charge < -0.3 is 4.74 Å². The minimum absolute atomic E-state index is 0.365. The molecule has 2 rings (SSSR count). The van der Waals surface area contributed by atoms with Crippen molar-refractivity contribution in [3.8, 4) is 0 Å². The first-order valence-corrected chi connectivity index (χ1v) is 5.73. The highest BCUT2D eigenvalue weighted by atomic mass is 16.5. The minimum Gasteiger partial charge on any atom is -0.376 e. The first-order chi connectivity index (χ1) is 7.04. The van der Waals surface area contributed by atoms with Crippen LogP contribution in [0.2, 0.25) is 0 Å². The van der Waals surface area contributed by atoms with Crippen molar-refractivity contribution in [2.45, 2.75) is 40.2 Å². The molecule has 0 amide bonds. The lowest BCUT2D eigenvalue weighted by Gasteiger charge is -2.21. The Morgan fingerprint density at radius 2 is 2.00 bits per heavy atom. The molecule has 1 aliphatic heterocycles. The molecule has 1 nitrogen and oxygen atoms in total. The molecule has 0 fully saturated rings. The van der Waals surface area contributed by atoms with Crippen molar-refractivity contribution in [2.24, 2.45) is 5.41 Å². The topological polar surface area (TPSA) is 9.23 Å². The van der Waals surface area contributed by atoms with Gasteiger partial charge in [-0.2, -0.15) is 0 Å². The highest BCUT2D eigenvalue weighted by Crippen LogP contribution is 2.24. The van der Waals surface area contributed by atoms with Crippen molar-refractivity contribution in [3.05, 3.63) is 34.9 Å². The molecule has 0 atom stereocenters. The summed E-state index contributed by atoms with van der Waals surface area (Å²) in [4.78, 5) is 0. The predicted octanol–water partition coefficient (Wildman–Crippen LogP) is 3.35. The molecule has 1 aliphatic rings. The average molecular weight is 204 g/mol. The zero-order valence-corrected chi connectivity index (χ0v) is 9.97. The van der Waals surface area contributed by atoms with Gasteiger partial charge in [-0.05, 0) is 34.9 Å². The SMILES string of the molecule is CC(C)(C)Cc1ccc2c(c1)COCC2. The smallest absolute Gasteiger partial charge is 0.0719 e. The summed E-state index contributed by atoms with van der Waals surface area (Å²) in [5, 5.41) is 0. The Morgan fingerprint density at radius 1 is 1.20 bits per heavy atom. The molecular formula is C14H20O. The second-order valence-electron chi connectivity index (χ2n) is 5.64. The van der Waals surface area contributed by atoms with E-state index in [1.54, 1.807) is 0 Å².